The summed E-state index contributed by atoms with van der Waals surface area (Å²) in [6, 6.07) is 16.1. The molecule has 0 bridgehead atoms. The lowest BCUT2D eigenvalue weighted by atomic mass is 10.1. The van der Waals surface area contributed by atoms with Crippen LogP contribution in [0.5, 0.6) is 0 Å². The molecular weight excluding hydrogens is 252 g/mol. The zero-order valence-corrected chi connectivity index (χ0v) is 11.1. The number of rotatable bonds is 5. The molecule has 0 aliphatic heterocycles. The fourth-order valence-electron chi connectivity index (χ4n) is 1.96. The topological polar surface area (TPSA) is 75.4 Å². The first-order valence-corrected chi connectivity index (χ1v) is 6.50. The van der Waals surface area contributed by atoms with Crippen molar-refractivity contribution in [3.8, 4) is 0 Å². The fraction of sp³-hybridized carbons (Fsp3) is 0.188. The van der Waals surface area contributed by atoms with E-state index in [1.807, 2.05) is 30.3 Å². The number of carbonyl (C=O) groups excluding carboxylic acids is 1. The summed E-state index contributed by atoms with van der Waals surface area (Å²) in [6.45, 7) is -0.102. The predicted octanol–water partition coefficient (Wildman–Crippen LogP) is 1.60. The number of aliphatic hydroxyl groups excluding tert-OH is 1. The molecular formula is C16H18N2O2. The van der Waals surface area contributed by atoms with Gasteiger partial charge in [0.05, 0.1) is 12.6 Å². The van der Waals surface area contributed by atoms with E-state index in [9.17, 15) is 9.90 Å². The van der Waals surface area contributed by atoms with Crippen LogP contribution in [0.25, 0.3) is 0 Å². The van der Waals surface area contributed by atoms with E-state index in [1.165, 1.54) is 0 Å². The Bertz CT molecular complexity index is 552. The third-order valence-electron chi connectivity index (χ3n) is 3.05. The van der Waals surface area contributed by atoms with E-state index >= 15 is 0 Å². The molecule has 0 aliphatic carbocycles. The van der Waals surface area contributed by atoms with Gasteiger partial charge in [-0.05, 0) is 36.2 Å². The monoisotopic (exact) mass is 270 g/mol. The van der Waals surface area contributed by atoms with Crippen LogP contribution in [0.4, 0.5) is 5.69 Å². The molecule has 0 fully saturated rings. The Hall–Kier alpha value is -2.33. The van der Waals surface area contributed by atoms with E-state index in [2.05, 4.69) is 5.32 Å². The summed E-state index contributed by atoms with van der Waals surface area (Å²) < 4.78 is 0. The van der Waals surface area contributed by atoms with E-state index in [0.29, 0.717) is 17.7 Å². The van der Waals surface area contributed by atoms with Crippen molar-refractivity contribution in [3.63, 3.8) is 0 Å². The van der Waals surface area contributed by atoms with Gasteiger partial charge in [-0.2, -0.15) is 0 Å². The summed E-state index contributed by atoms with van der Waals surface area (Å²) in [5.74, 6) is -0.208. The summed E-state index contributed by atoms with van der Waals surface area (Å²) in [6.07, 6.45) is 0.595. The molecule has 2 aromatic rings. The Morgan fingerprint density at radius 3 is 2.35 bits per heavy atom. The van der Waals surface area contributed by atoms with E-state index in [0.717, 1.165) is 5.56 Å². The van der Waals surface area contributed by atoms with Gasteiger partial charge in [-0.25, -0.2) is 0 Å². The van der Waals surface area contributed by atoms with Crippen LogP contribution in [0.3, 0.4) is 0 Å². The Labute approximate surface area is 118 Å². The van der Waals surface area contributed by atoms with Crippen molar-refractivity contribution >= 4 is 11.6 Å². The second-order valence-corrected chi connectivity index (χ2v) is 4.66. The normalized spacial score (nSPS) is 11.8. The number of benzene rings is 2. The number of nitrogen functional groups attached to an aromatic ring is 1. The molecule has 2 aromatic carbocycles. The molecule has 0 heterocycles. The van der Waals surface area contributed by atoms with Crippen molar-refractivity contribution in [2.24, 2.45) is 0 Å². The number of amides is 1. The number of hydrogen-bond acceptors (Lipinski definition) is 3. The van der Waals surface area contributed by atoms with Gasteiger partial charge >= 0.3 is 0 Å². The highest BCUT2D eigenvalue weighted by Crippen LogP contribution is 2.07. The van der Waals surface area contributed by atoms with Gasteiger partial charge in [0.2, 0.25) is 0 Å². The van der Waals surface area contributed by atoms with Crippen LogP contribution in [0.2, 0.25) is 0 Å². The minimum atomic E-state index is -0.303. The molecule has 2 rings (SSSR count). The molecule has 1 amide bonds. The first-order valence-electron chi connectivity index (χ1n) is 6.50. The smallest absolute Gasteiger partial charge is 0.251 e. The fourth-order valence-corrected chi connectivity index (χ4v) is 1.96. The zero-order valence-electron chi connectivity index (χ0n) is 11.1. The molecule has 104 valence electrons. The lowest BCUT2D eigenvalue weighted by molar-refractivity contribution is 0.0916. The van der Waals surface area contributed by atoms with E-state index < -0.39 is 0 Å². The third kappa shape index (κ3) is 3.83. The zero-order chi connectivity index (χ0) is 14.4. The van der Waals surface area contributed by atoms with Crippen LogP contribution >= 0.6 is 0 Å². The van der Waals surface area contributed by atoms with Gasteiger partial charge in [0.1, 0.15) is 0 Å². The minimum Gasteiger partial charge on any atom is -0.399 e. The van der Waals surface area contributed by atoms with Crippen LogP contribution in [0.15, 0.2) is 54.6 Å². The minimum absolute atomic E-state index is 0.102. The van der Waals surface area contributed by atoms with Gasteiger partial charge in [0, 0.05) is 11.3 Å². The molecule has 0 radical (unpaired) electrons. The number of hydrogen-bond donors (Lipinski definition) is 3. The van der Waals surface area contributed by atoms with E-state index in [-0.39, 0.29) is 18.6 Å². The van der Waals surface area contributed by atoms with Crippen LogP contribution < -0.4 is 11.1 Å². The first kappa shape index (κ1) is 14.1. The molecule has 1 unspecified atom stereocenters. The molecule has 4 heteroatoms. The number of nitrogens with two attached hydrogens (primary N) is 1. The van der Waals surface area contributed by atoms with Crippen molar-refractivity contribution < 1.29 is 9.90 Å². The Morgan fingerprint density at radius 2 is 1.75 bits per heavy atom. The quantitative estimate of drug-likeness (QED) is 0.722. The maximum Gasteiger partial charge on any atom is 0.251 e. The highest BCUT2D eigenvalue weighted by atomic mass is 16.3. The van der Waals surface area contributed by atoms with Crippen LogP contribution in [-0.4, -0.2) is 23.7 Å². The maximum atomic E-state index is 12.1. The van der Waals surface area contributed by atoms with Gasteiger partial charge in [0.25, 0.3) is 5.91 Å². The predicted molar refractivity (Wildman–Crippen MR) is 79.3 cm³/mol. The molecule has 0 aromatic heterocycles. The molecule has 0 spiro atoms. The molecule has 0 aliphatic rings. The third-order valence-corrected chi connectivity index (χ3v) is 3.05. The van der Waals surface area contributed by atoms with E-state index in [1.54, 1.807) is 24.3 Å². The van der Waals surface area contributed by atoms with Gasteiger partial charge in [-0.1, -0.05) is 30.3 Å². The lowest BCUT2D eigenvalue weighted by Crippen LogP contribution is -2.39. The number of carbonyl (C=O) groups is 1. The van der Waals surface area contributed by atoms with Crippen LogP contribution in [0, 0.1) is 0 Å². The second-order valence-electron chi connectivity index (χ2n) is 4.66. The average Bonchev–Trinajstić information content (AvgIpc) is 2.48. The van der Waals surface area contributed by atoms with Crippen molar-refractivity contribution in [1.82, 2.24) is 5.32 Å². The van der Waals surface area contributed by atoms with Gasteiger partial charge in [-0.15, -0.1) is 0 Å². The van der Waals surface area contributed by atoms with E-state index in [4.69, 9.17) is 5.73 Å². The van der Waals surface area contributed by atoms with Crippen molar-refractivity contribution in [2.45, 2.75) is 12.5 Å². The molecule has 0 saturated carbocycles. The Morgan fingerprint density at radius 1 is 1.10 bits per heavy atom. The largest absolute Gasteiger partial charge is 0.399 e. The van der Waals surface area contributed by atoms with Crippen LogP contribution in [0.1, 0.15) is 15.9 Å². The summed E-state index contributed by atoms with van der Waals surface area (Å²) in [5.41, 5.74) is 7.81. The van der Waals surface area contributed by atoms with Gasteiger partial charge in [-0.3, -0.25) is 4.79 Å². The standard InChI is InChI=1S/C16H18N2O2/c17-14-8-6-13(7-9-14)16(20)18-15(11-19)10-12-4-2-1-3-5-12/h1-9,15,19H,10-11,17H2,(H,18,20). The van der Waals surface area contributed by atoms with Gasteiger partial charge < -0.3 is 16.2 Å². The molecule has 20 heavy (non-hydrogen) atoms. The van der Waals surface area contributed by atoms with Gasteiger partial charge in [0.15, 0.2) is 0 Å². The number of nitrogens with one attached hydrogen (secondary N) is 1. The number of anilines is 1. The first-order chi connectivity index (χ1) is 9.69. The summed E-state index contributed by atoms with van der Waals surface area (Å²) in [4.78, 5) is 12.1. The summed E-state index contributed by atoms with van der Waals surface area (Å²) in [7, 11) is 0. The Kier molecular flexibility index (Phi) is 4.74. The van der Waals surface area contributed by atoms with Crippen molar-refractivity contribution in [3.05, 3.63) is 65.7 Å². The molecule has 1 atom stereocenters. The highest BCUT2D eigenvalue weighted by molar-refractivity contribution is 5.94. The summed E-state index contributed by atoms with van der Waals surface area (Å²) >= 11 is 0. The van der Waals surface area contributed by atoms with Crippen LogP contribution in [-0.2, 0) is 6.42 Å². The lowest BCUT2D eigenvalue weighted by Gasteiger charge is -2.16. The molecule has 4 nitrogen and oxygen atoms in total. The maximum absolute atomic E-state index is 12.1. The highest BCUT2D eigenvalue weighted by Gasteiger charge is 2.13. The average molecular weight is 270 g/mol. The SMILES string of the molecule is Nc1ccc(C(=O)NC(CO)Cc2ccccc2)cc1. The van der Waals surface area contributed by atoms with Crippen molar-refractivity contribution in [1.29, 1.82) is 0 Å². The second kappa shape index (κ2) is 6.73. The summed E-state index contributed by atoms with van der Waals surface area (Å²) in [5, 5.41) is 12.2. The molecule has 0 saturated heterocycles. The Balaban J connectivity index is 1.99. The van der Waals surface area contributed by atoms with Crippen molar-refractivity contribution in [2.75, 3.05) is 12.3 Å². The number of aliphatic hydroxyl groups is 1. The molecule has 4 N–H and O–H groups in total.